The topological polar surface area (TPSA) is 26.3 Å². The maximum Gasteiger partial charge on any atom is 0.228 e. The Balaban J connectivity index is 2.84. The summed E-state index contributed by atoms with van der Waals surface area (Å²) in [7, 11) is 0. The molecule has 15 heavy (non-hydrogen) atoms. The van der Waals surface area contributed by atoms with Crippen molar-refractivity contribution in [1.29, 1.82) is 0 Å². The Hall–Kier alpha value is -1.38. The molecule has 0 aliphatic heterocycles. The van der Waals surface area contributed by atoms with E-state index in [2.05, 4.69) is 0 Å². The van der Waals surface area contributed by atoms with E-state index in [0.29, 0.717) is 12.2 Å². The summed E-state index contributed by atoms with van der Waals surface area (Å²) in [5, 5.41) is 0. The smallest absolute Gasteiger partial charge is 0.228 e. The fourth-order valence-corrected chi connectivity index (χ4v) is 1.42. The highest BCUT2D eigenvalue weighted by Gasteiger charge is 2.06. The van der Waals surface area contributed by atoms with Crippen molar-refractivity contribution in [2.45, 2.75) is 20.3 Å². The van der Waals surface area contributed by atoms with Gasteiger partial charge in [0.25, 0.3) is 0 Å². The van der Waals surface area contributed by atoms with E-state index >= 15 is 0 Å². The molecule has 0 N–H and O–H groups in total. The van der Waals surface area contributed by atoms with Crippen LogP contribution in [-0.4, -0.2) is 13.1 Å². The molecule has 0 radical (unpaired) electrons. The van der Waals surface area contributed by atoms with Crippen LogP contribution in [0.3, 0.4) is 0 Å². The van der Waals surface area contributed by atoms with Crippen molar-refractivity contribution in [3.8, 4) is 5.75 Å². The molecule has 0 bridgehead atoms. The molecule has 0 heterocycles. The van der Waals surface area contributed by atoms with Crippen LogP contribution < -0.4 is 4.74 Å². The second kappa shape index (κ2) is 5.49. The summed E-state index contributed by atoms with van der Waals surface area (Å²) < 4.78 is 16.7. The van der Waals surface area contributed by atoms with Gasteiger partial charge in [0.1, 0.15) is 12.0 Å². The van der Waals surface area contributed by atoms with Crippen LogP contribution in [0.1, 0.15) is 18.1 Å². The lowest BCUT2D eigenvalue weighted by Crippen LogP contribution is -2.03. The zero-order valence-corrected chi connectivity index (χ0v) is 9.00. The lowest BCUT2D eigenvalue weighted by Gasteiger charge is -2.10. The van der Waals surface area contributed by atoms with Crippen molar-refractivity contribution in [3.63, 3.8) is 0 Å². The van der Waals surface area contributed by atoms with Crippen LogP contribution in [0, 0.1) is 12.8 Å². The van der Waals surface area contributed by atoms with Crippen LogP contribution in [0.4, 0.5) is 4.39 Å². The zero-order chi connectivity index (χ0) is 11.3. The van der Waals surface area contributed by atoms with Gasteiger partial charge in [0, 0.05) is 5.92 Å². The largest absolute Gasteiger partial charge is 0.463 e. The fourth-order valence-electron chi connectivity index (χ4n) is 1.42. The number of hydrogen-bond acceptors (Lipinski definition) is 2. The molecule has 2 nitrogen and oxygen atoms in total. The van der Waals surface area contributed by atoms with Gasteiger partial charge in [-0.2, -0.15) is 0 Å². The van der Waals surface area contributed by atoms with Gasteiger partial charge in [-0.05, 0) is 36.6 Å². The first-order chi connectivity index (χ1) is 7.17. The predicted molar refractivity (Wildman–Crippen MR) is 56.7 cm³/mol. The van der Waals surface area contributed by atoms with Crippen LogP contribution >= 0.6 is 0 Å². The summed E-state index contributed by atoms with van der Waals surface area (Å²) in [4.78, 5) is 10.5. The number of halogens is 1. The van der Waals surface area contributed by atoms with E-state index in [-0.39, 0.29) is 5.92 Å². The third kappa shape index (κ3) is 3.35. The van der Waals surface area contributed by atoms with E-state index in [1.165, 1.54) is 0 Å². The van der Waals surface area contributed by atoms with Gasteiger partial charge in [-0.25, -0.2) is 4.39 Å². The minimum atomic E-state index is -0.828. The lowest BCUT2D eigenvalue weighted by atomic mass is 9.98. The van der Waals surface area contributed by atoms with Gasteiger partial charge in [0.05, 0.1) is 0 Å². The highest BCUT2D eigenvalue weighted by molar-refractivity contribution is 5.54. The molecule has 1 unspecified atom stereocenters. The predicted octanol–water partition coefficient (Wildman–Crippen LogP) is 2.68. The molecular formula is C12H15FO2. The molecule has 0 saturated carbocycles. The summed E-state index contributed by atoms with van der Waals surface area (Å²) in [5.41, 5.74) is 2.12. The number of aldehydes is 1. The van der Waals surface area contributed by atoms with Gasteiger partial charge in [-0.1, -0.05) is 13.0 Å². The number of carbonyl (C=O) groups is 1. The average molecular weight is 210 g/mol. The first-order valence-electron chi connectivity index (χ1n) is 4.91. The molecule has 1 aromatic carbocycles. The van der Waals surface area contributed by atoms with Crippen molar-refractivity contribution in [2.24, 2.45) is 5.92 Å². The third-order valence-corrected chi connectivity index (χ3v) is 2.32. The molecule has 0 saturated heterocycles. The molecule has 0 fully saturated rings. The summed E-state index contributed by atoms with van der Waals surface area (Å²) in [5.74, 6) is 0.487. The monoisotopic (exact) mass is 210 g/mol. The molecule has 1 atom stereocenters. The maximum atomic E-state index is 12.0. The van der Waals surface area contributed by atoms with E-state index in [9.17, 15) is 9.18 Å². The number of carbonyl (C=O) groups excluding carboxylic acids is 1. The quantitative estimate of drug-likeness (QED) is 0.698. The van der Waals surface area contributed by atoms with E-state index in [4.69, 9.17) is 4.74 Å². The highest BCUT2D eigenvalue weighted by Crippen LogP contribution is 2.19. The third-order valence-electron chi connectivity index (χ3n) is 2.32. The summed E-state index contributed by atoms with van der Waals surface area (Å²) in [6.07, 6.45) is 1.58. The molecule has 1 rings (SSSR count). The number of benzene rings is 1. The number of aryl methyl sites for hydroxylation is 1. The Morgan fingerprint density at radius 1 is 1.53 bits per heavy atom. The highest BCUT2D eigenvalue weighted by atomic mass is 19.1. The van der Waals surface area contributed by atoms with Crippen molar-refractivity contribution < 1.29 is 13.9 Å². The van der Waals surface area contributed by atoms with Crippen molar-refractivity contribution in [2.75, 3.05) is 6.86 Å². The van der Waals surface area contributed by atoms with Gasteiger partial charge in [-0.3, -0.25) is 0 Å². The molecule has 3 heteroatoms. The van der Waals surface area contributed by atoms with Crippen molar-refractivity contribution >= 4 is 6.29 Å². The van der Waals surface area contributed by atoms with Gasteiger partial charge in [0.15, 0.2) is 0 Å². The molecule has 1 aromatic rings. The molecule has 0 amide bonds. The maximum absolute atomic E-state index is 12.0. The van der Waals surface area contributed by atoms with Crippen LogP contribution in [0.15, 0.2) is 18.2 Å². The molecule has 0 spiro atoms. The Morgan fingerprint density at radius 3 is 2.87 bits per heavy atom. The van der Waals surface area contributed by atoms with Crippen molar-refractivity contribution in [3.05, 3.63) is 29.3 Å². The molecule has 0 aliphatic carbocycles. The van der Waals surface area contributed by atoms with E-state index in [0.717, 1.165) is 17.4 Å². The average Bonchev–Trinajstić information content (AvgIpc) is 2.23. The van der Waals surface area contributed by atoms with Gasteiger partial charge in [0.2, 0.25) is 6.86 Å². The normalized spacial score (nSPS) is 12.2. The molecular weight excluding hydrogens is 195 g/mol. The van der Waals surface area contributed by atoms with Gasteiger partial charge in [-0.15, -0.1) is 0 Å². The van der Waals surface area contributed by atoms with E-state index in [1.54, 1.807) is 12.1 Å². The van der Waals surface area contributed by atoms with Crippen molar-refractivity contribution in [1.82, 2.24) is 0 Å². The number of rotatable bonds is 5. The Morgan fingerprint density at radius 2 is 2.27 bits per heavy atom. The first-order valence-corrected chi connectivity index (χ1v) is 4.91. The van der Waals surface area contributed by atoms with Gasteiger partial charge >= 0.3 is 0 Å². The summed E-state index contributed by atoms with van der Waals surface area (Å²) >= 11 is 0. The van der Waals surface area contributed by atoms with Gasteiger partial charge < -0.3 is 9.53 Å². The Bertz CT molecular complexity index is 336. The van der Waals surface area contributed by atoms with E-state index in [1.807, 2.05) is 19.9 Å². The fraction of sp³-hybridized carbons (Fsp3) is 0.417. The molecule has 0 aromatic heterocycles. The van der Waals surface area contributed by atoms with Crippen LogP contribution in [0.2, 0.25) is 0 Å². The van der Waals surface area contributed by atoms with Crippen LogP contribution in [0.5, 0.6) is 5.75 Å². The van der Waals surface area contributed by atoms with Crippen LogP contribution in [-0.2, 0) is 11.2 Å². The minimum absolute atomic E-state index is 0.0238. The molecule has 0 aliphatic rings. The standard InChI is InChI=1S/C12H15FO2/c1-9(7-14)5-11-6-12(15-8-13)4-3-10(11)2/h3-4,6-7,9H,5,8H2,1-2H3. The summed E-state index contributed by atoms with van der Waals surface area (Å²) in [6.45, 7) is 2.99. The lowest BCUT2D eigenvalue weighted by molar-refractivity contribution is -0.110. The molecule has 82 valence electrons. The summed E-state index contributed by atoms with van der Waals surface area (Å²) in [6, 6.07) is 5.39. The van der Waals surface area contributed by atoms with Crippen LogP contribution in [0.25, 0.3) is 0 Å². The second-order valence-electron chi connectivity index (χ2n) is 3.66. The second-order valence-corrected chi connectivity index (χ2v) is 3.66. The zero-order valence-electron chi connectivity index (χ0n) is 9.00. The number of ether oxygens (including phenoxy) is 1. The first kappa shape index (κ1) is 11.7. The number of alkyl halides is 1. The van der Waals surface area contributed by atoms with E-state index < -0.39 is 6.86 Å². The Labute approximate surface area is 89.1 Å². The SMILES string of the molecule is Cc1ccc(OCF)cc1CC(C)C=O. The number of hydrogen-bond donors (Lipinski definition) is 0. The minimum Gasteiger partial charge on any atom is -0.463 e. The Kier molecular flexibility index (Phi) is 4.28.